The zero-order valence-corrected chi connectivity index (χ0v) is 7.87. The molecule has 0 aliphatic rings. The third kappa shape index (κ3) is 4.79. The van der Waals surface area contributed by atoms with Crippen molar-refractivity contribution >= 4 is 41.3 Å². The van der Waals surface area contributed by atoms with Crippen molar-refractivity contribution in [2.45, 2.75) is 0 Å². The van der Waals surface area contributed by atoms with Crippen LogP contribution in [0.1, 0.15) is 0 Å². The molecular weight excluding hydrogens is 259 g/mol. The summed E-state index contributed by atoms with van der Waals surface area (Å²) in [5.41, 5.74) is -0.187. The Morgan fingerprint density at radius 1 is 1.82 bits per heavy atom. The number of aliphatic imine (C=N–C) groups is 1. The molecule has 1 amide bonds. The molecule has 0 atom stereocenters. The van der Waals surface area contributed by atoms with Gasteiger partial charge in [-0.2, -0.15) is 0 Å². The van der Waals surface area contributed by atoms with Gasteiger partial charge in [-0.1, -0.05) is 6.08 Å². The Labute approximate surface area is 78.5 Å². The molecule has 0 aromatic rings. The summed E-state index contributed by atoms with van der Waals surface area (Å²) < 4.78 is 4.63. The average Bonchev–Trinajstić information content (AvgIpc) is 2.03. The minimum absolute atomic E-state index is 0.187. The maximum Gasteiger partial charge on any atom is 0.294 e. The smallest absolute Gasteiger partial charge is 0.294 e. The largest absolute Gasteiger partial charge is 0.312 e. The van der Waals surface area contributed by atoms with Gasteiger partial charge in [-0.15, -0.1) is 0 Å². The van der Waals surface area contributed by atoms with Crippen LogP contribution < -0.4 is 0 Å². The van der Waals surface area contributed by atoms with E-state index in [-0.39, 0.29) is 5.71 Å². The SMILES string of the molecule is C=NC(=O)C(=N)C=CCOI. The van der Waals surface area contributed by atoms with Crippen molar-refractivity contribution in [3.8, 4) is 0 Å². The van der Waals surface area contributed by atoms with E-state index >= 15 is 0 Å². The Bertz CT molecular complexity index is 201. The molecule has 0 aromatic heterocycles. The molecule has 0 bridgehead atoms. The first-order valence-electron chi connectivity index (χ1n) is 2.72. The fourth-order valence-electron chi connectivity index (χ4n) is 0.359. The highest BCUT2D eigenvalue weighted by Gasteiger charge is 1.99. The van der Waals surface area contributed by atoms with E-state index in [4.69, 9.17) is 5.41 Å². The molecule has 0 rings (SSSR count). The van der Waals surface area contributed by atoms with Crippen LogP contribution in [0, 0.1) is 5.41 Å². The maximum absolute atomic E-state index is 10.6. The van der Waals surface area contributed by atoms with E-state index in [1.807, 2.05) is 0 Å². The second-order valence-electron chi connectivity index (χ2n) is 1.56. The van der Waals surface area contributed by atoms with E-state index < -0.39 is 5.91 Å². The van der Waals surface area contributed by atoms with Gasteiger partial charge in [0.15, 0.2) is 0 Å². The molecule has 0 aliphatic carbocycles. The van der Waals surface area contributed by atoms with Gasteiger partial charge in [0.1, 0.15) is 28.7 Å². The standard InChI is InChI=1S/C6H7IN2O2/c1-9-6(10)5(8)3-2-4-11-7/h2-3,8H,1,4H2. The van der Waals surface area contributed by atoms with Gasteiger partial charge in [0.25, 0.3) is 5.91 Å². The highest BCUT2D eigenvalue weighted by molar-refractivity contribution is 14.1. The molecule has 0 saturated heterocycles. The molecular formula is C6H7IN2O2. The third-order valence-corrected chi connectivity index (χ3v) is 1.18. The molecule has 0 aromatic carbocycles. The molecule has 0 spiro atoms. The Morgan fingerprint density at radius 3 is 2.91 bits per heavy atom. The lowest BCUT2D eigenvalue weighted by atomic mass is 10.3. The molecule has 0 heterocycles. The number of rotatable bonds is 4. The van der Waals surface area contributed by atoms with E-state index in [9.17, 15) is 4.79 Å². The number of carbonyl (C=O) groups excluding carboxylic acids is 1. The summed E-state index contributed by atoms with van der Waals surface area (Å²) in [6, 6.07) is 0. The third-order valence-electron chi connectivity index (χ3n) is 0.818. The number of nitrogens with zero attached hydrogens (tertiary/aromatic N) is 1. The van der Waals surface area contributed by atoms with Crippen LogP contribution in [0.5, 0.6) is 0 Å². The first-order valence-corrected chi connectivity index (χ1v) is 3.60. The molecule has 5 heteroatoms. The first-order chi connectivity index (χ1) is 5.22. The van der Waals surface area contributed by atoms with Gasteiger partial charge in [0, 0.05) is 0 Å². The van der Waals surface area contributed by atoms with Crippen molar-refractivity contribution < 1.29 is 7.86 Å². The van der Waals surface area contributed by atoms with Crippen molar-refractivity contribution in [3.05, 3.63) is 12.2 Å². The fourth-order valence-corrected chi connectivity index (χ4v) is 0.566. The van der Waals surface area contributed by atoms with Crippen LogP contribution in [0.4, 0.5) is 0 Å². The van der Waals surface area contributed by atoms with E-state index in [1.165, 1.54) is 6.08 Å². The van der Waals surface area contributed by atoms with Gasteiger partial charge >= 0.3 is 0 Å². The molecule has 0 unspecified atom stereocenters. The van der Waals surface area contributed by atoms with Crippen molar-refractivity contribution in [2.75, 3.05) is 6.61 Å². The highest BCUT2D eigenvalue weighted by atomic mass is 127. The molecule has 0 fully saturated rings. The zero-order valence-electron chi connectivity index (χ0n) is 5.71. The Kier molecular flexibility index (Phi) is 5.86. The number of halogens is 1. The second kappa shape index (κ2) is 6.17. The number of hydrogen-bond donors (Lipinski definition) is 1. The normalized spacial score (nSPS) is 9.91. The van der Waals surface area contributed by atoms with Crippen LogP contribution in [0.3, 0.4) is 0 Å². The number of amides is 1. The van der Waals surface area contributed by atoms with Gasteiger partial charge in [-0.25, -0.2) is 4.99 Å². The molecule has 0 aliphatic heterocycles. The van der Waals surface area contributed by atoms with Crippen LogP contribution in [-0.4, -0.2) is 24.9 Å². The van der Waals surface area contributed by atoms with Crippen LogP contribution >= 0.6 is 23.0 Å². The summed E-state index contributed by atoms with van der Waals surface area (Å²) in [5, 5.41) is 7.04. The predicted octanol–water partition coefficient (Wildman–Crippen LogP) is 1.16. The lowest BCUT2D eigenvalue weighted by molar-refractivity contribution is -0.111. The van der Waals surface area contributed by atoms with Gasteiger partial charge in [0.2, 0.25) is 0 Å². The van der Waals surface area contributed by atoms with Crippen LogP contribution in [0.25, 0.3) is 0 Å². The first kappa shape index (κ1) is 10.4. The van der Waals surface area contributed by atoms with Gasteiger partial charge in [-0.05, 0) is 12.8 Å². The highest BCUT2D eigenvalue weighted by Crippen LogP contribution is 1.87. The molecule has 1 N–H and O–H groups in total. The lowest BCUT2D eigenvalue weighted by Crippen LogP contribution is -2.05. The van der Waals surface area contributed by atoms with E-state index in [1.54, 1.807) is 29.1 Å². The van der Waals surface area contributed by atoms with Crippen molar-refractivity contribution in [1.29, 1.82) is 5.41 Å². The number of nitrogens with one attached hydrogen (secondary N) is 1. The van der Waals surface area contributed by atoms with E-state index in [0.717, 1.165) is 0 Å². The van der Waals surface area contributed by atoms with Gasteiger partial charge in [-0.3, -0.25) is 10.2 Å². The van der Waals surface area contributed by atoms with E-state index in [2.05, 4.69) is 14.8 Å². The van der Waals surface area contributed by atoms with Crippen molar-refractivity contribution in [2.24, 2.45) is 4.99 Å². The summed E-state index contributed by atoms with van der Waals surface area (Å²) in [5.74, 6) is -0.630. The van der Waals surface area contributed by atoms with Crippen LogP contribution in [0.15, 0.2) is 17.1 Å². The van der Waals surface area contributed by atoms with Gasteiger partial charge < -0.3 is 3.07 Å². The van der Waals surface area contributed by atoms with Crippen LogP contribution in [-0.2, 0) is 7.86 Å². The molecule has 11 heavy (non-hydrogen) atoms. The molecule has 0 saturated carbocycles. The predicted molar refractivity (Wildman–Crippen MR) is 51.4 cm³/mol. The lowest BCUT2D eigenvalue weighted by Gasteiger charge is -1.88. The Hall–Kier alpha value is -0.560. The summed E-state index contributed by atoms with van der Waals surface area (Å²) in [6.07, 6.45) is 2.88. The summed E-state index contributed by atoms with van der Waals surface area (Å²) in [7, 11) is 0. The van der Waals surface area contributed by atoms with E-state index in [0.29, 0.717) is 6.61 Å². The molecule has 4 nitrogen and oxygen atoms in total. The number of hydrogen-bond acceptors (Lipinski definition) is 3. The fraction of sp³-hybridized carbons (Fsp3) is 0.167. The average molecular weight is 266 g/mol. The van der Waals surface area contributed by atoms with Crippen molar-refractivity contribution in [1.82, 2.24) is 0 Å². The summed E-state index contributed by atoms with van der Waals surface area (Å²) >= 11 is 1.72. The minimum atomic E-state index is -0.630. The topological polar surface area (TPSA) is 62.5 Å². The molecule has 60 valence electrons. The summed E-state index contributed by atoms with van der Waals surface area (Å²) in [4.78, 5) is 13.6. The maximum atomic E-state index is 10.6. The van der Waals surface area contributed by atoms with Crippen LogP contribution in [0.2, 0.25) is 0 Å². The summed E-state index contributed by atoms with van der Waals surface area (Å²) in [6.45, 7) is 3.37. The Morgan fingerprint density at radius 2 is 2.45 bits per heavy atom. The monoisotopic (exact) mass is 266 g/mol. The van der Waals surface area contributed by atoms with Crippen molar-refractivity contribution in [3.63, 3.8) is 0 Å². The quantitative estimate of drug-likeness (QED) is 0.613. The minimum Gasteiger partial charge on any atom is -0.312 e. The van der Waals surface area contributed by atoms with Gasteiger partial charge in [0.05, 0.1) is 6.61 Å². The Balaban J connectivity index is 3.86. The zero-order chi connectivity index (χ0) is 8.69. The second-order valence-corrected chi connectivity index (χ2v) is 2.18. The number of carbonyl (C=O) groups is 1. The molecule has 0 radical (unpaired) electrons.